The Morgan fingerprint density at radius 3 is 1.96 bits per heavy atom. The van der Waals surface area contributed by atoms with Gasteiger partial charge in [-0.2, -0.15) is 0 Å². The zero-order valence-electron chi connectivity index (χ0n) is 15.2. The van der Waals surface area contributed by atoms with Gasteiger partial charge in [-0.05, 0) is 25.5 Å². The first-order chi connectivity index (χ1) is 11.9. The second kappa shape index (κ2) is 7.66. The number of ether oxygens (including phenoxy) is 4. The van der Waals surface area contributed by atoms with E-state index in [1.54, 1.807) is 25.1 Å². The van der Waals surface area contributed by atoms with Gasteiger partial charge < -0.3 is 18.9 Å². The van der Waals surface area contributed by atoms with Crippen molar-refractivity contribution in [3.63, 3.8) is 0 Å². The molecule has 2 rings (SSSR count). The Kier molecular flexibility index (Phi) is 5.80. The summed E-state index contributed by atoms with van der Waals surface area (Å²) in [4.78, 5) is 13.3. The monoisotopic (exact) mass is 364 g/mol. The molecule has 134 valence electrons. The lowest BCUT2D eigenvalue weighted by atomic mass is 9.95. The number of aryl methyl sites for hydroxylation is 1. The maximum Gasteiger partial charge on any atom is 0.202 e. The van der Waals surface area contributed by atoms with Gasteiger partial charge >= 0.3 is 0 Å². The van der Waals surface area contributed by atoms with Gasteiger partial charge in [-0.1, -0.05) is 17.7 Å². The molecule has 6 heteroatoms. The van der Waals surface area contributed by atoms with Crippen LogP contribution in [0.15, 0.2) is 18.2 Å². The standard InChI is InChI=1S/C19H21ClO5/c1-10-7-8-12(22-3)19(25-6)15(10)18(21)16-14(24-5)9-13(23-4)11(2)17(16)20/h7-9H,1-6H3. The first-order valence-corrected chi connectivity index (χ1v) is 7.96. The number of carbonyl (C=O) groups excluding carboxylic acids is 1. The van der Waals surface area contributed by atoms with Crippen molar-refractivity contribution in [1.82, 2.24) is 0 Å². The molecular weight excluding hydrogens is 344 g/mol. The maximum atomic E-state index is 13.3. The number of rotatable bonds is 6. The summed E-state index contributed by atoms with van der Waals surface area (Å²) in [7, 11) is 6.03. The Morgan fingerprint density at radius 1 is 0.840 bits per heavy atom. The predicted octanol–water partition coefficient (Wildman–Crippen LogP) is 4.22. The number of halogens is 1. The molecule has 0 atom stereocenters. The molecular formula is C19H21ClO5. The molecule has 0 aliphatic rings. The molecule has 0 spiro atoms. The van der Waals surface area contributed by atoms with Crippen LogP contribution in [0.25, 0.3) is 0 Å². The van der Waals surface area contributed by atoms with Gasteiger partial charge in [-0.3, -0.25) is 4.79 Å². The molecule has 2 aromatic carbocycles. The minimum Gasteiger partial charge on any atom is -0.496 e. The van der Waals surface area contributed by atoms with Crippen molar-refractivity contribution < 1.29 is 23.7 Å². The molecule has 0 fully saturated rings. The molecule has 0 unspecified atom stereocenters. The molecule has 0 saturated carbocycles. The van der Waals surface area contributed by atoms with Crippen LogP contribution in [0.5, 0.6) is 23.0 Å². The van der Waals surface area contributed by atoms with E-state index in [4.69, 9.17) is 30.5 Å². The van der Waals surface area contributed by atoms with Gasteiger partial charge in [0.1, 0.15) is 11.5 Å². The van der Waals surface area contributed by atoms with Gasteiger partial charge in [-0.25, -0.2) is 0 Å². The highest BCUT2D eigenvalue weighted by Crippen LogP contribution is 2.41. The van der Waals surface area contributed by atoms with E-state index >= 15 is 0 Å². The van der Waals surface area contributed by atoms with Gasteiger partial charge in [-0.15, -0.1) is 0 Å². The third kappa shape index (κ3) is 3.24. The van der Waals surface area contributed by atoms with Crippen LogP contribution in [0.2, 0.25) is 5.02 Å². The van der Waals surface area contributed by atoms with E-state index in [0.29, 0.717) is 34.1 Å². The molecule has 0 radical (unpaired) electrons. The van der Waals surface area contributed by atoms with Crippen LogP contribution in [-0.2, 0) is 0 Å². The SMILES string of the molecule is COc1cc(OC)c(C(=O)c2c(C)ccc(OC)c2OC)c(Cl)c1C. The molecule has 25 heavy (non-hydrogen) atoms. The second-order valence-corrected chi connectivity index (χ2v) is 5.80. The Morgan fingerprint density at radius 2 is 1.44 bits per heavy atom. The first-order valence-electron chi connectivity index (χ1n) is 7.58. The lowest BCUT2D eigenvalue weighted by molar-refractivity contribution is 0.103. The van der Waals surface area contributed by atoms with E-state index in [-0.39, 0.29) is 16.4 Å². The molecule has 0 bridgehead atoms. The number of benzene rings is 2. The lowest BCUT2D eigenvalue weighted by Gasteiger charge is -2.18. The quantitative estimate of drug-likeness (QED) is 0.718. The first kappa shape index (κ1) is 18.9. The molecule has 0 aliphatic heterocycles. The lowest BCUT2D eigenvalue weighted by Crippen LogP contribution is -2.11. The molecule has 0 heterocycles. The number of carbonyl (C=O) groups is 1. The number of hydrogen-bond donors (Lipinski definition) is 0. The van der Waals surface area contributed by atoms with Crippen molar-refractivity contribution in [2.24, 2.45) is 0 Å². The van der Waals surface area contributed by atoms with Crippen LogP contribution in [0, 0.1) is 13.8 Å². The summed E-state index contributed by atoms with van der Waals surface area (Å²) < 4.78 is 21.4. The van der Waals surface area contributed by atoms with E-state index in [0.717, 1.165) is 5.56 Å². The van der Waals surface area contributed by atoms with Crippen molar-refractivity contribution in [2.75, 3.05) is 28.4 Å². The molecule has 0 aliphatic carbocycles. The predicted molar refractivity (Wildman–Crippen MR) is 97.0 cm³/mol. The minimum absolute atomic E-state index is 0.261. The van der Waals surface area contributed by atoms with Crippen LogP contribution in [0.1, 0.15) is 27.0 Å². The summed E-state index contributed by atoms with van der Waals surface area (Å²) in [5, 5.41) is 0.283. The summed E-state index contributed by atoms with van der Waals surface area (Å²) in [6.45, 7) is 3.61. The number of methoxy groups -OCH3 is 4. The smallest absolute Gasteiger partial charge is 0.202 e. The number of ketones is 1. The summed E-state index contributed by atoms with van der Waals surface area (Å²) in [5.41, 5.74) is 2.05. The molecule has 2 aromatic rings. The van der Waals surface area contributed by atoms with Crippen molar-refractivity contribution in [3.05, 3.63) is 45.5 Å². The average molecular weight is 365 g/mol. The third-order valence-electron chi connectivity index (χ3n) is 4.07. The minimum atomic E-state index is -0.305. The van der Waals surface area contributed by atoms with Gasteiger partial charge in [0.15, 0.2) is 11.5 Å². The van der Waals surface area contributed by atoms with E-state index in [2.05, 4.69) is 0 Å². The number of hydrogen-bond acceptors (Lipinski definition) is 5. The molecule has 0 saturated heterocycles. The summed E-state index contributed by atoms with van der Waals surface area (Å²) >= 11 is 6.47. The van der Waals surface area contributed by atoms with Crippen LogP contribution in [0.4, 0.5) is 0 Å². The van der Waals surface area contributed by atoms with Crippen LogP contribution in [0.3, 0.4) is 0 Å². The van der Waals surface area contributed by atoms with Crippen molar-refractivity contribution >= 4 is 17.4 Å². The van der Waals surface area contributed by atoms with Gasteiger partial charge in [0.05, 0.1) is 44.6 Å². The summed E-state index contributed by atoms with van der Waals surface area (Å²) in [6.07, 6.45) is 0. The van der Waals surface area contributed by atoms with Gasteiger partial charge in [0.25, 0.3) is 0 Å². The average Bonchev–Trinajstić information content (AvgIpc) is 2.62. The fraction of sp³-hybridized carbons (Fsp3) is 0.316. The Bertz CT molecular complexity index is 814. The topological polar surface area (TPSA) is 54.0 Å². The molecule has 0 amide bonds. The summed E-state index contributed by atoms with van der Waals surface area (Å²) in [6, 6.07) is 5.20. The van der Waals surface area contributed by atoms with Crippen LogP contribution < -0.4 is 18.9 Å². The highest BCUT2D eigenvalue weighted by atomic mass is 35.5. The third-order valence-corrected chi connectivity index (χ3v) is 4.55. The zero-order valence-corrected chi connectivity index (χ0v) is 15.9. The van der Waals surface area contributed by atoms with Crippen molar-refractivity contribution in [2.45, 2.75) is 13.8 Å². The van der Waals surface area contributed by atoms with Gasteiger partial charge in [0.2, 0.25) is 5.78 Å². The van der Waals surface area contributed by atoms with Crippen LogP contribution in [-0.4, -0.2) is 34.2 Å². The van der Waals surface area contributed by atoms with E-state index in [1.165, 1.54) is 28.4 Å². The van der Waals surface area contributed by atoms with E-state index in [9.17, 15) is 4.79 Å². The van der Waals surface area contributed by atoms with Crippen molar-refractivity contribution in [1.29, 1.82) is 0 Å². The Hall–Kier alpha value is -2.40. The van der Waals surface area contributed by atoms with Crippen LogP contribution >= 0.6 is 11.6 Å². The molecule has 5 nitrogen and oxygen atoms in total. The molecule has 0 N–H and O–H groups in total. The second-order valence-electron chi connectivity index (χ2n) is 5.42. The normalized spacial score (nSPS) is 10.4. The zero-order chi connectivity index (χ0) is 18.7. The Labute approximate surface area is 152 Å². The fourth-order valence-corrected chi connectivity index (χ4v) is 2.99. The van der Waals surface area contributed by atoms with Gasteiger partial charge in [0, 0.05) is 11.6 Å². The van der Waals surface area contributed by atoms with E-state index < -0.39 is 0 Å². The largest absolute Gasteiger partial charge is 0.496 e. The van der Waals surface area contributed by atoms with E-state index in [1.807, 2.05) is 6.92 Å². The Balaban J connectivity index is 2.77. The van der Waals surface area contributed by atoms with Crippen molar-refractivity contribution in [3.8, 4) is 23.0 Å². The molecule has 0 aromatic heterocycles. The highest BCUT2D eigenvalue weighted by molar-refractivity contribution is 6.36. The summed E-state index contributed by atoms with van der Waals surface area (Å²) in [5.74, 6) is 1.41. The highest BCUT2D eigenvalue weighted by Gasteiger charge is 2.27. The maximum absolute atomic E-state index is 13.3. The fourth-order valence-electron chi connectivity index (χ4n) is 2.72.